The van der Waals surface area contributed by atoms with Crippen LogP contribution in [0.1, 0.15) is 17.0 Å². The first kappa shape index (κ1) is 20.7. The number of benzene rings is 1. The van der Waals surface area contributed by atoms with Crippen LogP contribution in [-0.2, 0) is 12.8 Å². The van der Waals surface area contributed by atoms with Gasteiger partial charge in [-0.1, -0.05) is 0 Å². The second-order valence-corrected chi connectivity index (χ2v) is 6.22. The van der Waals surface area contributed by atoms with Crippen molar-refractivity contribution in [2.45, 2.75) is 19.7 Å². The van der Waals surface area contributed by atoms with Crippen LogP contribution in [0.25, 0.3) is 5.69 Å². The van der Waals surface area contributed by atoms with Crippen LogP contribution in [0.4, 0.5) is 13.2 Å². The molecule has 3 aromatic rings. The normalized spacial score (nSPS) is 11.4. The van der Waals surface area contributed by atoms with Gasteiger partial charge in [-0.15, -0.1) is 0 Å². The van der Waals surface area contributed by atoms with Gasteiger partial charge in [-0.25, -0.2) is 9.67 Å². The molecular weight excluding hydrogens is 413 g/mol. The molecule has 0 fully saturated rings. The fourth-order valence-corrected chi connectivity index (χ4v) is 2.73. The van der Waals surface area contributed by atoms with Gasteiger partial charge in [0.2, 0.25) is 5.28 Å². The van der Waals surface area contributed by atoms with E-state index in [1.165, 1.54) is 32.0 Å². The Bertz CT molecular complexity index is 1020. The molecule has 3 rings (SSSR count). The Kier molecular flexibility index (Phi) is 5.83. The summed E-state index contributed by atoms with van der Waals surface area (Å²) in [4.78, 5) is 7.77. The molecule has 0 aliphatic rings. The number of alkyl halides is 3. The zero-order chi connectivity index (χ0) is 21.2. The molecule has 0 saturated heterocycles. The summed E-state index contributed by atoms with van der Waals surface area (Å²) >= 11 is 5.79. The number of methoxy groups -OCH3 is 2. The summed E-state index contributed by atoms with van der Waals surface area (Å²) in [6, 6.07) is 5.82. The van der Waals surface area contributed by atoms with Crippen LogP contribution >= 0.6 is 11.6 Å². The van der Waals surface area contributed by atoms with Crippen molar-refractivity contribution in [3.63, 3.8) is 0 Å². The van der Waals surface area contributed by atoms with E-state index in [1.54, 1.807) is 18.2 Å². The van der Waals surface area contributed by atoms with Gasteiger partial charge >= 0.3 is 6.18 Å². The Morgan fingerprint density at radius 3 is 2.45 bits per heavy atom. The lowest BCUT2D eigenvalue weighted by molar-refractivity contribution is -0.141. The molecule has 2 heterocycles. The van der Waals surface area contributed by atoms with Gasteiger partial charge in [-0.05, 0) is 42.8 Å². The lowest BCUT2D eigenvalue weighted by atomic mass is 10.2. The fraction of sp³-hybridized carbons (Fsp3) is 0.278. The smallest absolute Gasteiger partial charge is 0.435 e. The number of halogens is 4. The fourth-order valence-electron chi connectivity index (χ4n) is 2.61. The third kappa shape index (κ3) is 4.53. The second-order valence-electron chi connectivity index (χ2n) is 5.88. The number of hydrogen-bond acceptors (Lipinski definition) is 6. The molecule has 11 heteroatoms. The van der Waals surface area contributed by atoms with Gasteiger partial charge in [0.05, 0.1) is 26.1 Å². The highest BCUT2D eigenvalue weighted by molar-refractivity contribution is 6.28. The maximum Gasteiger partial charge on any atom is 0.435 e. The summed E-state index contributed by atoms with van der Waals surface area (Å²) in [7, 11) is 2.90. The topological polar surface area (TPSA) is 71.3 Å². The van der Waals surface area contributed by atoms with E-state index in [1.807, 2.05) is 0 Å². The Morgan fingerprint density at radius 1 is 1.10 bits per heavy atom. The van der Waals surface area contributed by atoms with Crippen molar-refractivity contribution in [1.29, 1.82) is 0 Å². The second kappa shape index (κ2) is 8.16. The minimum absolute atomic E-state index is 0.00679. The SMILES string of the molecule is COc1ccc(-n2nc(C(F)(F)F)cc2C)cc1COc1nc(Cl)ncc1OC. The zero-order valence-corrected chi connectivity index (χ0v) is 16.4. The van der Waals surface area contributed by atoms with E-state index in [9.17, 15) is 13.2 Å². The Balaban J connectivity index is 1.93. The largest absolute Gasteiger partial charge is 0.496 e. The predicted molar refractivity (Wildman–Crippen MR) is 97.8 cm³/mol. The average Bonchev–Trinajstić information content (AvgIpc) is 3.08. The van der Waals surface area contributed by atoms with Crippen LogP contribution in [0.5, 0.6) is 17.4 Å². The van der Waals surface area contributed by atoms with Crippen molar-refractivity contribution in [2.75, 3.05) is 14.2 Å². The van der Waals surface area contributed by atoms with Crippen molar-refractivity contribution in [3.8, 4) is 23.1 Å². The van der Waals surface area contributed by atoms with Gasteiger partial charge < -0.3 is 14.2 Å². The van der Waals surface area contributed by atoms with Crippen molar-refractivity contribution in [1.82, 2.24) is 19.7 Å². The molecule has 7 nitrogen and oxygen atoms in total. The molecular formula is C18H16ClF3N4O3. The van der Waals surface area contributed by atoms with E-state index >= 15 is 0 Å². The third-order valence-electron chi connectivity index (χ3n) is 3.96. The van der Waals surface area contributed by atoms with Crippen molar-refractivity contribution < 1.29 is 27.4 Å². The lowest BCUT2D eigenvalue weighted by Gasteiger charge is -2.14. The van der Waals surface area contributed by atoms with E-state index in [-0.39, 0.29) is 23.5 Å². The molecule has 0 radical (unpaired) electrons. The first-order valence-electron chi connectivity index (χ1n) is 8.23. The molecule has 0 bridgehead atoms. The van der Waals surface area contributed by atoms with E-state index in [4.69, 9.17) is 25.8 Å². The molecule has 154 valence electrons. The highest BCUT2D eigenvalue weighted by Crippen LogP contribution is 2.31. The number of aryl methyl sites for hydroxylation is 1. The summed E-state index contributed by atoms with van der Waals surface area (Å²) in [6.07, 6.45) is -3.17. The maximum absolute atomic E-state index is 13.0. The highest BCUT2D eigenvalue weighted by atomic mass is 35.5. The van der Waals surface area contributed by atoms with Crippen LogP contribution in [0.15, 0.2) is 30.5 Å². The number of aromatic nitrogens is 4. The summed E-state index contributed by atoms with van der Waals surface area (Å²) in [5.41, 5.74) is 0.345. The monoisotopic (exact) mass is 428 g/mol. The van der Waals surface area contributed by atoms with E-state index < -0.39 is 11.9 Å². The zero-order valence-electron chi connectivity index (χ0n) is 15.6. The lowest BCUT2D eigenvalue weighted by Crippen LogP contribution is -2.08. The maximum atomic E-state index is 13.0. The minimum Gasteiger partial charge on any atom is -0.496 e. The van der Waals surface area contributed by atoms with Gasteiger partial charge in [0.15, 0.2) is 11.4 Å². The van der Waals surface area contributed by atoms with Gasteiger partial charge in [-0.3, -0.25) is 0 Å². The highest BCUT2D eigenvalue weighted by Gasteiger charge is 2.34. The molecule has 0 N–H and O–H groups in total. The van der Waals surface area contributed by atoms with Crippen molar-refractivity contribution in [3.05, 3.63) is 52.7 Å². The van der Waals surface area contributed by atoms with Crippen molar-refractivity contribution >= 4 is 11.6 Å². The van der Waals surface area contributed by atoms with E-state index in [2.05, 4.69) is 15.1 Å². The Labute approximate surface area is 169 Å². The molecule has 0 unspecified atom stereocenters. The summed E-state index contributed by atoms with van der Waals surface area (Å²) < 4.78 is 56.2. The molecule has 0 atom stereocenters. The van der Waals surface area contributed by atoms with Crippen LogP contribution in [-0.4, -0.2) is 34.0 Å². The van der Waals surface area contributed by atoms with Gasteiger partial charge in [0, 0.05) is 11.3 Å². The predicted octanol–water partition coefficient (Wildman–Crippen LogP) is 4.24. The Hall–Kier alpha value is -3.01. The van der Waals surface area contributed by atoms with E-state index in [0.29, 0.717) is 22.7 Å². The van der Waals surface area contributed by atoms with Crippen LogP contribution in [0.2, 0.25) is 5.28 Å². The summed E-state index contributed by atoms with van der Waals surface area (Å²) in [6.45, 7) is 1.53. The quantitative estimate of drug-likeness (QED) is 0.547. The summed E-state index contributed by atoms with van der Waals surface area (Å²) in [5.74, 6) is 0.880. The number of ether oxygens (including phenoxy) is 3. The number of nitrogens with zero attached hydrogens (tertiary/aromatic N) is 4. The van der Waals surface area contributed by atoms with Crippen LogP contribution in [0.3, 0.4) is 0 Å². The number of hydrogen-bond donors (Lipinski definition) is 0. The Morgan fingerprint density at radius 2 is 1.83 bits per heavy atom. The van der Waals surface area contributed by atoms with Crippen molar-refractivity contribution in [2.24, 2.45) is 0 Å². The third-order valence-corrected chi connectivity index (χ3v) is 4.15. The standard InChI is InChI=1S/C18H16ClF3N4O3/c1-10-6-15(18(20,21)22)25-26(10)12-4-5-13(27-2)11(7-12)9-29-16-14(28-3)8-23-17(19)24-16/h4-8H,9H2,1-3H3. The van der Waals surface area contributed by atoms with Crippen LogP contribution in [0, 0.1) is 6.92 Å². The van der Waals surface area contributed by atoms with Gasteiger partial charge in [0.25, 0.3) is 5.88 Å². The molecule has 0 spiro atoms. The average molecular weight is 429 g/mol. The molecule has 0 saturated carbocycles. The molecule has 1 aromatic carbocycles. The molecule has 2 aromatic heterocycles. The van der Waals surface area contributed by atoms with E-state index in [0.717, 1.165) is 6.07 Å². The number of rotatable bonds is 6. The molecule has 0 aliphatic carbocycles. The first-order chi connectivity index (χ1) is 13.7. The minimum atomic E-state index is -4.53. The molecule has 29 heavy (non-hydrogen) atoms. The summed E-state index contributed by atoms with van der Waals surface area (Å²) in [5, 5.41) is 3.64. The van der Waals surface area contributed by atoms with Gasteiger partial charge in [-0.2, -0.15) is 23.3 Å². The first-order valence-corrected chi connectivity index (χ1v) is 8.61. The molecule has 0 amide bonds. The van der Waals surface area contributed by atoms with Gasteiger partial charge in [0.1, 0.15) is 12.4 Å². The molecule has 0 aliphatic heterocycles. The van der Waals surface area contributed by atoms with Crippen LogP contribution < -0.4 is 14.2 Å².